The van der Waals surface area contributed by atoms with Gasteiger partial charge in [-0.2, -0.15) is 0 Å². The zero-order chi connectivity index (χ0) is 9.26. The van der Waals surface area contributed by atoms with Crippen LogP contribution in [0.15, 0.2) is 24.4 Å². The second-order valence-electron chi connectivity index (χ2n) is 3.21. The van der Waals surface area contributed by atoms with Gasteiger partial charge >= 0.3 is 0 Å². The first-order valence-electron chi connectivity index (χ1n) is 4.25. The SMILES string of the molecule is NC1CC1C(=O)Nc1ccccn1. The lowest BCUT2D eigenvalue weighted by molar-refractivity contribution is -0.117. The molecular formula is C9H11N3O. The molecular weight excluding hydrogens is 166 g/mol. The van der Waals surface area contributed by atoms with Crippen molar-refractivity contribution in [1.29, 1.82) is 0 Å². The summed E-state index contributed by atoms with van der Waals surface area (Å²) in [5.74, 6) is 0.555. The Morgan fingerprint density at radius 2 is 2.38 bits per heavy atom. The molecule has 68 valence electrons. The number of rotatable bonds is 2. The van der Waals surface area contributed by atoms with Crippen molar-refractivity contribution in [3.05, 3.63) is 24.4 Å². The number of nitrogens with zero attached hydrogens (tertiary/aromatic N) is 1. The third-order valence-corrected chi connectivity index (χ3v) is 2.09. The largest absolute Gasteiger partial charge is 0.327 e. The van der Waals surface area contributed by atoms with Crippen molar-refractivity contribution in [2.45, 2.75) is 12.5 Å². The molecule has 1 aliphatic carbocycles. The summed E-state index contributed by atoms with van der Waals surface area (Å²) in [6.07, 6.45) is 2.43. The first-order valence-corrected chi connectivity index (χ1v) is 4.25. The highest BCUT2D eigenvalue weighted by atomic mass is 16.2. The number of hydrogen-bond donors (Lipinski definition) is 2. The van der Waals surface area contributed by atoms with Gasteiger partial charge in [-0.05, 0) is 18.6 Å². The maximum atomic E-state index is 11.4. The normalized spacial score (nSPS) is 25.3. The Morgan fingerprint density at radius 3 is 2.92 bits per heavy atom. The van der Waals surface area contributed by atoms with Crippen molar-refractivity contribution >= 4 is 11.7 Å². The predicted molar refractivity (Wildman–Crippen MR) is 48.9 cm³/mol. The van der Waals surface area contributed by atoms with Gasteiger partial charge in [0.25, 0.3) is 0 Å². The molecule has 1 aromatic rings. The van der Waals surface area contributed by atoms with Crippen molar-refractivity contribution in [1.82, 2.24) is 4.98 Å². The van der Waals surface area contributed by atoms with Crippen molar-refractivity contribution in [3.63, 3.8) is 0 Å². The van der Waals surface area contributed by atoms with Gasteiger partial charge in [0.05, 0.1) is 5.92 Å². The van der Waals surface area contributed by atoms with Crippen LogP contribution in [0.2, 0.25) is 0 Å². The van der Waals surface area contributed by atoms with E-state index in [-0.39, 0.29) is 17.9 Å². The van der Waals surface area contributed by atoms with Crippen molar-refractivity contribution in [2.75, 3.05) is 5.32 Å². The van der Waals surface area contributed by atoms with Crippen molar-refractivity contribution < 1.29 is 4.79 Å². The maximum Gasteiger partial charge on any atom is 0.230 e. The summed E-state index contributed by atoms with van der Waals surface area (Å²) in [5, 5.41) is 2.70. The molecule has 0 spiro atoms. The van der Waals surface area contributed by atoms with Crippen LogP contribution in [0, 0.1) is 5.92 Å². The van der Waals surface area contributed by atoms with E-state index in [1.807, 2.05) is 6.07 Å². The summed E-state index contributed by atoms with van der Waals surface area (Å²) in [6, 6.07) is 5.43. The summed E-state index contributed by atoms with van der Waals surface area (Å²) in [7, 11) is 0. The number of carbonyl (C=O) groups is 1. The number of carbonyl (C=O) groups excluding carboxylic acids is 1. The molecule has 1 heterocycles. The lowest BCUT2D eigenvalue weighted by Crippen LogP contribution is -2.18. The van der Waals surface area contributed by atoms with Gasteiger partial charge in [-0.3, -0.25) is 4.79 Å². The lowest BCUT2D eigenvalue weighted by atomic mass is 10.3. The van der Waals surface area contributed by atoms with Crippen LogP contribution in [0.25, 0.3) is 0 Å². The highest BCUT2D eigenvalue weighted by Gasteiger charge is 2.40. The first kappa shape index (κ1) is 8.19. The molecule has 13 heavy (non-hydrogen) atoms. The van der Waals surface area contributed by atoms with Gasteiger partial charge in [0.15, 0.2) is 0 Å². The average Bonchev–Trinajstić information content (AvgIpc) is 2.84. The Kier molecular flexibility index (Phi) is 1.98. The van der Waals surface area contributed by atoms with E-state index in [2.05, 4.69) is 10.3 Å². The van der Waals surface area contributed by atoms with E-state index in [9.17, 15) is 4.79 Å². The summed E-state index contributed by atoms with van der Waals surface area (Å²) < 4.78 is 0. The second-order valence-corrected chi connectivity index (χ2v) is 3.21. The van der Waals surface area contributed by atoms with Gasteiger partial charge in [0, 0.05) is 12.2 Å². The average molecular weight is 177 g/mol. The molecule has 1 fully saturated rings. The van der Waals surface area contributed by atoms with E-state index < -0.39 is 0 Å². The molecule has 0 radical (unpaired) electrons. The second kappa shape index (κ2) is 3.14. The number of amides is 1. The van der Waals surface area contributed by atoms with Crippen molar-refractivity contribution in [2.24, 2.45) is 11.7 Å². The number of nitrogens with one attached hydrogen (secondary N) is 1. The molecule has 4 heteroatoms. The molecule has 1 saturated carbocycles. The summed E-state index contributed by atoms with van der Waals surface area (Å²) in [5.41, 5.74) is 5.54. The number of hydrogen-bond acceptors (Lipinski definition) is 3. The highest BCUT2D eigenvalue weighted by Crippen LogP contribution is 2.28. The Balaban J connectivity index is 1.95. The first-order chi connectivity index (χ1) is 6.27. The third kappa shape index (κ3) is 1.84. The number of pyridine rings is 1. The van der Waals surface area contributed by atoms with Gasteiger partial charge in [-0.15, -0.1) is 0 Å². The molecule has 2 unspecified atom stereocenters. The molecule has 1 aromatic heterocycles. The smallest absolute Gasteiger partial charge is 0.230 e. The van der Waals surface area contributed by atoms with Crippen molar-refractivity contribution in [3.8, 4) is 0 Å². The number of nitrogens with two attached hydrogens (primary N) is 1. The summed E-state index contributed by atoms with van der Waals surface area (Å²) >= 11 is 0. The third-order valence-electron chi connectivity index (χ3n) is 2.09. The standard InChI is InChI=1S/C9H11N3O/c10-7-5-6(7)9(13)12-8-3-1-2-4-11-8/h1-4,6-7H,5,10H2,(H,11,12,13). The molecule has 0 saturated heterocycles. The van der Waals surface area contributed by atoms with Gasteiger partial charge in [-0.25, -0.2) is 4.98 Å². The molecule has 2 atom stereocenters. The molecule has 0 aromatic carbocycles. The van der Waals surface area contributed by atoms with Crippen LogP contribution in [0.5, 0.6) is 0 Å². The fraction of sp³-hybridized carbons (Fsp3) is 0.333. The van der Waals surface area contributed by atoms with Crippen LogP contribution < -0.4 is 11.1 Å². The maximum absolute atomic E-state index is 11.4. The summed E-state index contributed by atoms with van der Waals surface area (Å²) in [6.45, 7) is 0. The van der Waals surface area contributed by atoms with Gasteiger partial charge in [0.2, 0.25) is 5.91 Å². The van der Waals surface area contributed by atoms with E-state index in [0.29, 0.717) is 5.82 Å². The van der Waals surface area contributed by atoms with Crippen LogP contribution in [0.4, 0.5) is 5.82 Å². The highest BCUT2D eigenvalue weighted by molar-refractivity contribution is 5.94. The molecule has 0 aliphatic heterocycles. The molecule has 4 nitrogen and oxygen atoms in total. The van der Waals surface area contributed by atoms with E-state index in [4.69, 9.17) is 5.73 Å². The molecule has 2 rings (SSSR count). The van der Waals surface area contributed by atoms with Crippen LogP contribution in [-0.2, 0) is 4.79 Å². The van der Waals surface area contributed by atoms with Gasteiger partial charge < -0.3 is 11.1 Å². The Bertz CT molecular complexity index is 312. The van der Waals surface area contributed by atoms with E-state index in [1.165, 1.54) is 0 Å². The minimum atomic E-state index is -0.0220. The zero-order valence-corrected chi connectivity index (χ0v) is 7.10. The van der Waals surface area contributed by atoms with E-state index in [0.717, 1.165) is 6.42 Å². The lowest BCUT2D eigenvalue weighted by Gasteiger charge is -2.01. The minimum absolute atomic E-state index is 0.0120. The zero-order valence-electron chi connectivity index (χ0n) is 7.10. The fourth-order valence-electron chi connectivity index (χ4n) is 1.17. The number of aromatic nitrogens is 1. The molecule has 1 aliphatic rings. The van der Waals surface area contributed by atoms with E-state index >= 15 is 0 Å². The molecule has 0 bridgehead atoms. The minimum Gasteiger partial charge on any atom is -0.327 e. The fourth-order valence-corrected chi connectivity index (χ4v) is 1.17. The van der Waals surface area contributed by atoms with Crippen LogP contribution in [-0.4, -0.2) is 16.9 Å². The number of anilines is 1. The van der Waals surface area contributed by atoms with Gasteiger partial charge in [-0.1, -0.05) is 6.07 Å². The Labute approximate surface area is 76.2 Å². The van der Waals surface area contributed by atoms with E-state index in [1.54, 1.807) is 18.3 Å². The van der Waals surface area contributed by atoms with Crippen LogP contribution in [0.3, 0.4) is 0 Å². The quantitative estimate of drug-likeness (QED) is 0.685. The van der Waals surface area contributed by atoms with Crippen LogP contribution in [0.1, 0.15) is 6.42 Å². The molecule has 1 amide bonds. The Hall–Kier alpha value is -1.42. The predicted octanol–water partition coefficient (Wildman–Crippen LogP) is 0.367. The van der Waals surface area contributed by atoms with Crippen LogP contribution >= 0.6 is 0 Å². The summed E-state index contributed by atoms with van der Waals surface area (Å²) in [4.78, 5) is 15.3. The topological polar surface area (TPSA) is 68.0 Å². The molecule has 3 N–H and O–H groups in total. The van der Waals surface area contributed by atoms with Gasteiger partial charge in [0.1, 0.15) is 5.82 Å². The Morgan fingerprint density at radius 1 is 1.62 bits per heavy atom. The monoisotopic (exact) mass is 177 g/mol.